The Morgan fingerprint density at radius 3 is 2.53 bits per heavy atom. The predicted octanol–water partition coefficient (Wildman–Crippen LogP) is 1.32. The van der Waals surface area contributed by atoms with E-state index in [0.29, 0.717) is 19.8 Å². The van der Waals surface area contributed by atoms with Gasteiger partial charge in [0.2, 0.25) is 0 Å². The number of hydrogen-bond donors (Lipinski definition) is 2. The molecule has 92 valence electrons. The summed E-state index contributed by atoms with van der Waals surface area (Å²) in [4.78, 5) is 0. The molecule has 0 aliphatic heterocycles. The molecule has 0 spiro atoms. The second-order valence-corrected chi connectivity index (χ2v) is 3.23. The molecule has 0 aliphatic rings. The van der Waals surface area contributed by atoms with Crippen molar-refractivity contribution in [3.8, 4) is 0 Å². The van der Waals surface area contributed by atoms with Crippen LogP contribution < -0.4 is 5.32 Å². The van der Waals surface area contributed by atoms with Gasteiger partial charge < -0.3 is 15.2 Å². The molecule has 0 aromatic heterocycles. The predicted molar refractivity (Wildman–Crippen MR) is 50.7 cm³/mol. The molecule has 15 heavy (non-hydrogen) atoms. The van der Waals surface area contributed by atoms with Gasteiger partial charge in [-0.25, -0.2) is 0 Å². The van der Waals surface area contributed by atoms with Crippen LogP contribution in [0.5, 0.6) is 0 Å². The van der Waals surface area contributed by atoms with Crippen molar-refractivity contribution >= 4 is 0 Å². The van der Waals surface area contributed by atoms with Crippen molar-refractivity contribution in [1.82, 2.24) is 5.32 Å². The Labute approximate surface area is 87.6 Å². The van der Waals surface area contributed by atoms with Gasteiger partial charge in [0.05, 0.1) is 6.61 Å². The van der Waals surface area contributed by atoms with Gasteiger partial charge in [-0.3, -0.25) is 0 Å². The number of alkyl halides is 3. The summed E-state index contributed by atoms with van der Waals surface area (Å²) in [6, 6.07) is 0. The average molecular weight is 229 g/mol. The third-order valence-electron chi connectivity index (χ3n) is 1.78. The standard InChI is InChI=1S/C9H18F3NO2/c1-2-3-5-15-6-4-13-7-8(14)9(10,11)12/h8,13-14H,2-7H2,1H3. The molecule has 0 aromatic carbocycles. The molecule has 1 atom stereocenters. The summed E-state index contributed by atoms with van der Waals surface area (Å²) < 4.78 is 40.5. The van der Waals surface area contributed by atoms with Gasteiger partial charge in [0, 0.05) is 19.7 Å². The summed E-state index contributed by atoms with van der Waals surface area (Å²) in [5.41, 5.74) is 0. The Morgan fingerprint density at radius 1 is 1.33 bits per heavy atom. The molecule has 1 unspecified atom stereocenters. The summed E-state index contributed by atoms with van der Waals surface area (Å²) in [5.74, 6) is 0. The van der Waals surface area contributed by atoms with Crippen LogP contribution in [0.1, 0.15) is 19.8 Å². The van der Waals surface area contributed by atoms with Crippen LogP contribution in [0.25, 0.3) is 0 Å². The van der Waals surface area contributed by atoms with Gasteiger partial charge in [-0.05, 0) is 6.42 Å². The maximum Gasteiger partial charge on any atom is 0.415 e. The van der Waals surface area contributed by atoms with E-state index in [-0.39, 0.29) is 0 Å². The topological polar surface area (TPSA) is 41.5 Å². The molecule has 0 aromatic rings. The van der Waals surface area contributed by atoms with E-state index < -0.39 is 18.8 Å². The van der Waals surface area contributed by atoms with Gasteiger partial charge in [0.1, 0.15) is 0 Å². The van der Waals surface area contributed by atoms with Crippen LogP contribution in [-0.2, 0) is 4.74 Å². The third-order valence-corrected chi connectivity index (χ3v) is 1.78. The van der Waals surface area contributed by atoms with Gasteiger partial charge in [-0.15, -0.1) is 0 Å². The fourth-order valence-electron chi connectivity index (χ4n) is 0.847. The van der Waals surface area contributed by atoms with Crippen molar-refractivity contribution in [2.24, 2.45) is 0 Å². The first-order chi connectivity index (χ1) is 6.98. The van der Waals surface area contributed by atoms with Crippen molar-refractivity contribution < 1.29 is 23.0 Å². The number of ether oxygens (including phenoxy) is 1. The van der Waals surface area contributed by atoms with E-state index in [0.717, 1.165) is 12.8 Å². The lowest BCUT2D eigenvalue weighted by atomic mass is 10.3. The minimum Gasteiger partial charge on any atom is -0.382 e. The van der Waals surface area contributed by atoms with Gasteiger partial charge in [0.15, 0.2) is 6.10 Å². The number of hydrogen-bond acceptors (Lipinski definition) is 3. The Hall–Kier alpha value is -0.330. The fourth-order valence-corrected chi connectivity index (χ4v) is 0.847. The zero-order chi connectivity index (χ0) is 11.7. The van der Waals surface area contributed by atoms with Gasteiger partial charge in [-0.1, -0.05) is 13.3 Å². The highest BCUT2D eigenvalue weighted by molar-refractivity contribution is 4.67. The Balaban J connectivity index is 3.24. The van der Waals surface area contributed by atoms with E-state index in [1.54, 1.807) is 0 Å². The highest BCUT2D eigenvalue weighted by Crippen LogP contribution is 2.18. The third kappa shape index (κ3) is 8.65. The number of nitrogens with one attached hydrogen (secondary N) is 1. The van der Waals surface area contributed by atoms with Crippen molar-refractivity contribution in [2.75, 3.05) is 26.3 Å². The van der Waals surface area contributed by atoms with Crippen LogP contribution in [0.2, 0.25) is 0 Å². The smallest absolute Gasteiger partial charge is 0.382 e. The fraction of sp³-hybridized carbons (Fsp3) is 1.00. The number of rotatable bonds is 8. The lowest BCUT2D eigenvalue weighted by Crippen LogP contribution is -2.39. The van der Waals surface area contributed by atoms with Crippen LogP contribution >= 0.6 is 0 Å². The second kappa shape index (κ2) is 7.90. The number of aliphatic hydroxyl groups is 1. The molecule has 2 N–H and O–H groups in total. The molecule has 0 heterocycles. The molecule has 0 amide bonds. The quantitative estimate of drug-likeness (QED) is 0.617. The largest absolute Gasteiger partial charge is 0.415 e. The highest BCUT2D eigenvalue weighted by atomic mass is 19.4. The first kappa shape index (κ1) is 14.7. The molecule has 0 fully saturated rings. The summed E-state index contributed by atoms with van der Waals surface area (Å²) >= 11 is 0. The molecular weight excluding hydrogens is 211 g/mol. The van der Waals surface area contributed by atoms with E-state index >= 15 is 0 Å². The number of halogens is 3. The molecular formula is C9H18F3NO2. The first-order valence-corrected chi connectivity index (χ1v) is 5.01. The highest BCUT2D eigenvalue weighted by Gasteiger charge is 2.37. The zero-order valence-electron chi connectivity index (χ0n) is 8.81. The summed E-state index contributed by atoms with van der Waals surface area (Å²) in [6.07, 6.45) is -4.87. The van der Waals surface area contributed by atoms with Gasteiger partial charge in [0.25, 0.3) is 0 Å². The maximum atomic E-state index is 11.8. The van der Waals surface area contributed by atoms with E-state index in [1.165, 1.54) is 0 Å². The Kier molecular flexibility index (Phi) is 7.72. The molecule has 0 radical (unpaired) electrons. The molecule has 0 aliphatic carbocycles. The summed E-state index contributed by atoms with van der Waals surface area (Å²) in [6.45, 7) is 2.85. The minimum atomic E-state index is -4.55. The van der Waals surface area contributed by atoms with Crippen molar-refractivity contribution in [3.63, 3.8) is 0 Å². The van der Waals surface area contributed by atoms with Crippen molar-refractivity contribution in [1.29, 1.82) is 0 Å². The maximum absolute atomic E-state index is 11.8. The van der Waals surface area contributed by atoms with Crippen LogP contribution in [0.15, 0.2) is 0 Å². The molecule has 0 bridgehead atoms. The SMILES string of the molecule is CCCCOCCNCC(O)C(F)(F)F. The monoisotopic (exact) mass is 229 g/mol. The normalized spacial score (nSPS) is 14.2. The van der Waals surface area contributed by atoms with Gasteiger partial charge in [-0.2, -0.15) is 13.2 Å². The molecule has 0 saturated heterocycles. The molecule has 6 heteroatoms. The molecule has 0 saturated carbocycles. The minimum absolute atomic E-state index is 0.316. The van der Waals surface area contributed by atoms with E-state index in [4.69, 9.17) is 9.84 Å². The van der Waals surface area contributed by atoms with Crippen LogP contribution in [0.3, 0.4) is 0 Å². The molecule has 3 nitrogen and oxygen atoms in total. The number of unbranched alkanes of at least 4 members (excludes halogenated alkanes) is 1. The number of aliphatic hydroxyl groups excluding tert-OH is 1. The van der Waals surface area contributed by atoms with Crippen LogP contribution in [-0.4, -0.2) is 43.7 Å². The van der Waals surface area contributed by atoms with Crippen LogP contribution in [0.4, 0.5) is 13.2 Å². The summed E-state index contributed by atoms with van der Waals surface area (Å²) in [7, 11) is 0. The van der Waals surface area contributed by atoms with Gasteiger partial charge >= 0.3 is 6.18 Å². The Morgan fingerprint density at radius 2 is 2.00 bits per heavy atom. The van der Waals surface area contributed by atoms with E-state index in [9.17, 15) is 13.2 Å². The van der Waals surface area contributed by atoms with E-state index in [1.807, 2.05) is 6.92 Å². The summed E-state index contributed by atoms with van der Waals surface area (Å²) in [5, 5.41) is 11.1. The van der Waals surface area contributed by atoms with Crippen molar-refractivity contribution in [2.45, 2.75) is 32.0 Å². The second-order valence-electron chi connectivity index (χ2n) is 3.23. The van der Waals surface area contributed by atoms with Crippen LogP contribution in [0, 0.1) is 0 Å². The zero-order valence-corrected chi connectivity index (χ0v) is 8.81. The lowest BCUT2D eigenvalue weighted by Gasteiger charge is -2.14. The first-order valence-electron chi connectivity index (χ1n) is 5.01. The average Bonchev–Trinajstić information content (AvgIpc) is 2.14. The Bertz CT molecular complexity index is 153. The lowest BCUT2D eigenvalue weighted by molar-refractivity contribution is -0.201. The van der Waals surface area contributed by atoms with Crippen molar-refractivity contribution in [3.05, 3.63) is 0 Å². The molecule has 0 rings (SSSR count). The van der Waals surface area contributed by atoms with E-state index in [2.05, 4.69) is 5.32 Å².